The Hall–Kier alpha value is -1.43. The molecule has 0 saturated carbocycles. The van der Waals surface area contributed by atoms with Crippen LogP contribution < -0.4 is 11.1 Å². The largest absolute Gasteiger partial charge is 0.416 e. The van der Waals surface area contributed by atoms with Crippen molar-refractivity contribution in [2.45, 2.75) is 19.2 Å². The third-order valence-corrected chi connectivity index (χ3v) is 2.24. The van der Waals surface area contributed by atoms with Crippen LogP contribution in [0.4, 0.5) is 24.5 Å². The molecule has 4 N–H and O–H groups in total. The number of nitrogens with one attached hydrogen (secondary N) is 1. The summed E-state index contributed by atoms with van der Waals surface area (Å²) in [6.07, 6.45) is -6.99. The Balaban J connectivity index is 2.65. The van der Waals surface area contributed by atoms with Crippen molar-refractivity contribution in [3.8, 4) is 0 Å². The Bertz CT molecular complexity index is 366. The van der Waals surface area contributed by atoms with E-state index in [2.05, 4.69) is 5.32 Å². The Kier molecular flexibility index (Phi) is 3.64. The summed E-state index contributed by atoms with van der Waals surface area (Å²) in [5, 5.41) is 11.3. The minimum atomic E-state index is -4.61. The lowest BCUT2D eigenvalue weighted by Crippen LogP contribution is -2.35. The molecule has 0 aliphatic carbocycles. The van der Waals surface area contributed by atoms with E-state index in [0.29, 0.717) is 16.9 Å². The van der Waals surface area contributed by atoms with Crippen LogP contribution in [0.1, 0.15) is 5.56 Å². The van der Waals surface area contributed by atoms with Gasteiger partial charge in [-0.05, 0) is 24.6 Å². The van der Waals surface area contributed by atoms with Crippen molar-refractivity contribution < 1.29 is 18.3 Å². The van der Waals surface area contributed by atoms with Crippen LogP contribution in [-0.2, 0) is 0 Å². The number of hydrogen-bond donors (Lipinski definition) is 3. The number of alkyl halides is 3. The zero-order valence-corrected chi connectivity index (χ0v) is 8.67. The highest BCUT2D eigenvalue weighted by Gasteiger charge is 2.37. The number of aliphatic hydroxyl groups is 1. The topological polar surface area (TPSA) is 58.3 Å². The maximum Gasteiger partial charge on any atom is 0.416 e. The maximum absolute atomic E-state index is 12.0. The lowest BCUT2D eigenvalue weighted by Gasteiger charge is -2.17. The molecule has 0 fully saturated rings. The van der Waals surface area contributed by atoms with Gasteiger partial charge in [0.25, 0.3) is 0 Å². The second-order valence-corrected chi connectivity index (χ2v) is 3.46. The zero-order valence-electron chi connectivity index (χ0n) is 8.67. The van der Waals surface area contributed by atoms with E-state index in [4.69, 9.17) is 10.8 Å². The molecule has 0 spiro atoms. The van der Waals surface area contributed by atoms with Gasteiger partial charge in [0.2, 0.25) is 0 Å². The van der Waals surface area contributed by atoms with Crippen molar-refractivity contribution in [2.24, 2.45) is 0 Å². The van der Waals surface area contributed by atoms with Gasteiger partial charge in [-0.15, -0.1) is 0 Å². The van der Waals surface area contributed by atoms with Crippen LogP contribution in [0.25, 0.3) is 0 Å². The number of benzene rings is 1. The van der Waals surface area contributed by atoms with Gasteiger partial charge in [0.15, 0.2) is 6.10 Å². The van der Waals surface area contributed by atoms with Crippen LogP contribution in [0.15, 0.2) is 18.2 Å². The summed E-state index contributed by atoms with van der Waals surface area (Å²) in [5.74, 6) is 0. The van der Waals surface area contributed by atoms with Crippen LogP contribution in [-0.4, -0.2) is 23.9 Å². The number of nitrogens with two attached hydrogens (primary N) is 1. The van der Waals surface area contributed by atoms with E-state index in [1.54, 1.807) is 25.1 Å². The molecule has 90 valence electrons. The van der Waals surface area contributed by atoms with Crippen LogP contribution in [0.2, 0.25) is 0 Å². The smallest absolute Gasteiger partial charge is 0.398 e. The summed E-state index contributed by atoms with van der Waals surface area (Å²) in [6, 6.07) is 4.89. The molecule has 1 unspecified atom stereocenters. The molecular weight excluding hydrogens is 221 g/mol. The lowest BCUT2D eigenvalue weighted by molar-refractivity contribution is -0.198. The van der Waals surface area contributed by atoms with Crippen LogP contribution in [0.3, 0.4) is 0 Å². The molecular formula is C10H13F3N2O. The highest BCUT2D eigenvalue weighted by molar-refractivity contribution is 5.62. The fourth-order valence-electron chi connectivity index (χ4n) is 1.17. The van der Waals surface area contributed by atoms with Gasteiger partial charge >= 0.3 is 6.18 Å². The first kappa shape index (κ1) is 12.6. The van der Waals surface area contributed by atoms with Gasteiger partial charge in [-0.3, -0.25) is 0 Å². The van der Waals surface area contributed by atoms with Crippen LogP contribution >= 0.6 is 0 Å². The molecule has 6 heteroatoms. The Morgan fingerprint density at radius 3 is 2.62 bits per heavy atom. The summed E-state index contributed by atoms with van der Waals surface area (Å²) in [7, 11) is 0. The van der Waals surface area contributed by atoms with Crippen LogP contribution in [0, 0.1) is 6.92 Å². The first-order valence-electron chi connectivity index (χ1n) is 4.66. The van der Waals surface area contributed by atoms with E-state index < -0.39 is 18.8 Å². The normalized spacial score (nSPS) is 13.6. The van der Waals surface area contributed by atoms with E-state index in [-0.39, 0.29) is 0 Å². The predicted molar refractivity (Wildman–Crippen MR) is 56.1 cm³/mol. The molecule has 1 rings (SSSR count). The van der Waals surface area contributed by atoms with Crippen molar-refractivity contribution in [3.05, 3.63) is 23.8 Å². The summed E-state index contributed by atoms with van der Waals surface area (Å²) in [4.78, 5) is 0. The molecule has 0 saturated heterocycles. The molecule has 16 heavy (non-hydrogen) atoms. The monoisotopic (exact) mass is 234 g/mol. The number of rotatable bonds is 3. The van der Waals surface area contributed by atoms with Gasteiger partial charge in [-0.2, -0.15) is 13.2 Å². The minimum Gasteiger partial charge on any atom is -0.398 e. The molecule has 0 radical (unpaired) electrons. The quantitative estimate of drug-likeness (QED) is 0.700. The summed E-state index contributed by atoms with van der Waals surface area (Å²) >= 11 is 0. The second kappa shape index (κ2) is 4.61. The molecule has 0 bridgehead atoms. The van der Waals surface area contributed by atoms with E-state index in [1.807, 2.05) is 0 Å². The van der Waals surface area contributed by atoms with Gasteiger partial charge in [0.1, 0.15) is 0 Å². The third kappa shape index (κ3) is 3.03. The average molecular weight is 234 g/mol. The molecule has 1 aromatic rings. The summed E-state index contributed by atoms with van der Waals surface area (Å²) in [6.45, 7) is 1.10. The molecule has 0 aliphatic rings. The fraction of sp³-hybridized carbons (Fsp3) is 0.400. The first-order chi connectivity index (χ1) is 7.32. The van der Waals surface area contributed by atoms with Gasteiger partial charge in [0, 0.05) is 17.9 Å². The Morgan fingerprint density at radius 2 is 2.06 bits per heavy atom. The molecule has 3 nitrogen and oxygen atoms in total. The van der Waals surface area contributed by atoms with Gasteiger partial charge < -0.3 is 16.2 Å². The number of aliphatic hydroxyl groups excluding tert-OH is 1. The van der Waals surface area contributed by atoms with Gasteiger partial charge in [0.05, 0.1) is 0 Å². The fourth-order valence-corrected chi connectivity index (χ4v) is 1.17. The Morgan fingerprint density at radius 1 is 1.44 bits per heavy atom. The van der Waals surface area contributed by atoms with E-state index in [9.17, 15) is 13.2 Å². The number of nitrogen functional groups attached to an aromatic ring is 1. The number of hydrogen-bond acceptors (Lipinski definition) is 3. The lowest BCUT2D eigenvalue weighted by atomic mass is 10.1. The van der Waals surface area contributed by atoms with E-state index in [0.717, 1.165) is 0 Å². The van der Waals surface area contributed by atoms with Crippen molar-refractivity contribution in [1.82, 2.24) is 0 Å². The SMILES string of the molecule is Cc1c(N)cccc1NCC(O)C(F)(F)F. The predicted octanol–water partition coefficient (Wildman–Crippen LogP) is 1.91. The number of halogens is 3. The molecule has 0 heterocycles. The van der Waals surface area contributed by atoms with Crippen LogP contribution in [0.5, 0.6) is 0 Å². The first-order valence-corrected chi connectivity index (χ1v) is 4.66. The van der Waals surface area contributed by atoms with Crippen molar-refractivity contribution in [1.29, 1.82) is 0 Å². The highest BCUT2D eigenvalue weighted by Crippen LogP contribution is 2.23. The zero-order chi connectivity index (χ0) is 12.3. The summed E-state index contributed by atoms with van der Waals surface area (Å²) < 4.78 is 36.1. The third-order valence-electron chi connectivity index (χ3n) is 2.24. The van der Waals surface area contributed by atoms with Gasteiger partial charge in [-0.1, -0.05) is 6.07 Å². The minimum absolute atomic E-state index is 0.489. The van der Waals surface area contributed by atoms with Crippen molar-refractivity contribution in [2.75, 3.05) is 17.6 Å². The average Bonchev–Trinajstić information content (AvgIpc) is 2.18. The van der Waals surface area contributed by atoms with E-state index >= 15 is 0 Å². The standard InChI is InChI=1S/C10H13F3N2O/c1-6-7(14)3-2-4-8(6)15-5-9(16)10(11,12)13/h2-4,9,15-16H,5,14H2,1H3. The molecule has 0 aliphatic heterocycles. The Labute approximate surface area is 91.1 Å². The van der Waals surface area contributed by atoms with Crippen molar-refractivity contribution in [3.63, 3.8) is 0 Å². The molecule has 0 amide bonds. The maximum atomic E-state index is 12.0. The van der Waals surface area contributed by atoms with Crippen molar-refractivity contribution >= 4 is 11.4 Å². The second-order valence-electron chi connectivity index (χ2n) is 3.46. The van der Waals surface area contributed by atoms with Gasteiger partial charge in [-0.25, -0.2) is 0 Å². The number of anilines is 2. The summed E-state index contributed by atoms with van der Waals surface area (Å²) in [5.41, 5.74) is 7.23. The molecule has 1 aromatic carbocycles. The molecule has 0 aromatic heterocycles. The molecule has 1 atom stereocenters. The van der Waals surface area contributed by atoms with E-state index in [1.165, 1.54) is 0 Å². The highest BCUT2D eigenvalue weighted by atomic mass is 19.4.